The van der Waals surface area contributed by atoms with Gasteiger partial charge >= 0.3 is 0 Å². The second-order valence-corrected chi connectivity index (χ2v) is 5.38. The number of hydrogen-bond acceptors (Lipinski definition) is 3. The molecule has 0 aliphatic carbocycles. The Hall–Kier alpha value is -1.38. The van der Waals surface area contributed by atoms with Crippen molar-refractivity contribution in [2.75, 3.05) is 21.3 Å². The summed E-state index contributed by atoms with van der Waals surface area (Å²) in [6, 6.07) is 3.86. The number of rotatable bonds is 11. The zero-order valence-corrected chi connectivity index (χ0v) is 14.0. The van der Waals surface area contributed by atoms with Crippen LogP contribution < -0.4 is 14.2 Å². The van der Waals surface area contributed by atoms with Gasteiger partial charge in [-0.05, 0) is 12.8 Å². The summed E-state index contributed by atoms with van der Waals surface area (Å²) >= 11 is 0. The van der Waals surface area contributed by atoms with Gasteiger partial charge in [-0.25, -0.2) is 0 Å². The van der Waals surface area contributed by atoms with Gasteiger partial charge in [-0.3, -0.25) is 0 Å². The van der Waals surface area contributed by atoms with Gasteiger partial charge in [-0.1, -0.05) is 45.4 Å². The monoisotopic (exact) mass is 294 g/mol. The van der Waals surface area contributed by atoms with Crippen molar-refractivity contribution in [1.29, 1.82) is 0 Å². The van der Waals surface area contributed by atoms with Crippen LogP contribution in [0.2, 0.25) is 0 Å². The molecular formula is C18H30O3. The highest BCUT2D eigenvalue weighted by molar-refractivity contribution is 5.50. The van der Waals surface area contributed by atoms with Crippen LogP contribution in [0.1, 0.15) is 57.4 Å². The maximum Gasteiger partial charge on any atom is 0.129 e. The third kappa shape index (κ3) is 5.86. The molecule has 1 rings (SSSR count). The molecule has 1 aromatic rings. The molecule has 0 aromatic heterocycles. The molecule has 0 unspecified atom stereocenters. The van der Waals surface area contributed by atoms with Crippen molar-refractivity contribution in [1.82, 2.24) is 0 Å². The summed E-state index contributed by atoms with van der Waals surface area (Å²) in [5, 5.41) is 0. The van der Waals surface area contributed by atoms with Gasteiger partial charge in [0.2, 0.25) is 0 Å². The number of benzene rings is 1. The Bertz CT molecular complexity index is 376. The normalized spacial score (nSPS) is 10.5. The molecule has 1 aromatic carbocycles. The molecule has 0 saturated heterocycles. The minimum atomic E-state index is 0.770. The largest absolute Gasteiger partial charge is 0.496 e. The molecule has 0 fully saturated rings. The van der Waals surface area contributed by atoms with E-state index < -0.39 is 0 Å². The van der Waals surface area contributed by atoms with Crippen LogP contribution in [0.25, 0.3) is 0 Å². The highest BCUT2D eigenvalue weighted by Crippen LogP contribution is 2.35. The summed E-state index contributed by atoms with van der Waals surface area (Å²) in [6.07, 6.45) is 10.1. The second-order valence-electron chi connectivity index (χ2n) is 5.38. The average molecular weight is 294 g/mol. The highest BCUT2D eigenvalue weighted by Gasteiger charge is 2.12. The molecule has 21 heavy (non-hydrogen) atoms. The molecule has 0 spiro atoms. The first-order chi connectivity index (χ1) is 10.3. The van der Waals surface area contributed by atoms with Crippen molar-refractivity contribution in [3.05, 3.63) is 17.7 Å². The quantitative estimate of drug-likeness (QED) is 0.537. The van der Waals surface area contributed by atoms with Crippen LogP contribution in [0.15, 0.2) is 12.1 Å². The standard InChI is InChI=1S/C18H30O3/c1-5-6-7-8-9-10-11-12-16-17(20-3)13-15(19-2)14-18(16)21-4/h13-14H,5-12H2,1-4H3. The van der Waals surface area contributed by atoms with E-state index in [0.29, 0.717) is 0 Å². The molecule has 0 amide bonds. The summed E-state index contributed by atoms with van der Waals surface area (Å²) in [6.45, 7) is 2.25. The highest BCUT2D eigenvalue weighted by atomic mass is 16.5. The SMILES string of the molecule is CCCCCCCCCc1c(OC)cc(OC)cc1OC. The number of hydrogen-bond donors (Lipinski definition) is 0. The minimum absolute atomic E-state index is 0.770. The van der Waals surface area contributed by atoms with E-state index in [2.05, 4.69) is 6.92 Å². The van der Waals surface area contributed by atoms with Gasteiger partial charge < -0.3 is 14.2 Å². The fourth-order valence-corrected chi connectivity index (χ4v) is 2.58. The van der Waals surface area contributed by atoms with Crippen LogP contribution in [-0.4, -0.2) is 21.3 Å². The zero-order valence-electron chi connectivity index (χ0n) is 14.0. The van der Waals surface area contributed by atoms with Gasteiger partial charge in [0.05, 0.1) is 21.3 Å². The van der Waals surface area contributed by atoms with Crippen molar-refractivity contribution in [3.63, 3.8) is 0 Å². The van der Waals surface area contributed by atoms with Crippen LogP contribution >= 0.6 is 0 Å². The van der Waals surface area contributed by atoms with Crippen molar-refractivity contribution < 1.29 is 14.2 Å². The van der Waals surface area contributed by atoms with Crippen molar-refractivity contribution >= 4 is 0 Å². The van der Waals surface area contributed by atoms with E-state index in [1.54, 1.807) is 21.3 Å². The lowest BCUT2D eigenvalue weighted by molar-refractivity contribution is 0.367. The van der Waals surface area contributed by atoms with Crippen LogP contribution in [0.3, 0.4) is 0 Å². The van der Waals surface area contributed by atoms with E-state index in [9.17, 15) is 0 Å². The Morgan fingerprint density at radius 1 is 0.714 bits per heavy atom. The van der Waals surface area contributed by atoms with Gasteiger partial charge in [0.15, 0.2) is 0 Å². The van der Waals surface area contributed by atoms with Crippen molar-refractivity contribution in [2.45, 2.75) is 58.3 Å². The second kappa shape index (κ2) is 10.4. The molecule has 3 nitrogen and oxygen atoms in total. The fourth-order valence-electron chi connectivity index (χ4n) is 2.58. The van der Waals surface area contributed by atoms with Gasteiger partial charge in [-0.2, -0.15) is 0 Å². The molecule has 0 aliphatic rings. The zero-order chi connectivity index (χ0) is 15.5. The molecule has 0 N–H and O–H groups in total. The van der Waals surface area contributed by atoms with Gasteiger partial charge in [0.1, 0.15) is 17.2 Å². The van der Waals surface area contributed by atoms with Crippen LogP contribution in [0, 0.1) is 0 Å². The minimum Gasteiger partial charge on any atom is -0.496 e. The summed E-state index contributed by atoms with van der Waals surface area (Å²) in [5.74, 6) is 2.49. The average Bonchev–Trinajstić information content (AvgIpc) is 2.53. The molecular weight excluding hydrogens is 264 g/mol. The third-order valence-electron chi connectivity index (χ3n) is 3.85. The Morgan fingerprint density at radius 2 is 1.24 bits per heavy atom. The van der Waals surface area contributed by atoms with E-state index in [1.165, 1.54) is 44.9 Å². The summed E-state index contributed by atoms with van der Waals surface area (Å²) in [5.41, 5.74) is 1.15. The van der Waals surface area contributed by atoms with Gasteiger partial charge in [0, 0.05) is 17.7 Å². The smallest absolute Gasteiger partial charge is 0.129 e. The Labute approximate surface area is 129 Å². The fraction of sp³-hybridized carbons (Fsp3) is 0.667. The van der Waals surface area contributed by atoms with E-state index in [4.69, 9.17) is 14.2 Å². The van der Waals surface area contributed by atoms with E-state index in [0.717, 1.165) is 29.2 Å². The van der Waals surface area contributed by atoms with Gasteiger partial charge in [-0.15, -0.1) is 0 Å². The summed E-state index contributed by atoms with van der Waals surface area (Å²) in [7, 11) is 5.05. The maximum atomic E-state index is 5.48. The first-order valence-electron chi connectivity index (χ1n) is 8.05. The lowest BCUT2D eigenvalue weighted by Crippen LogP contribution is -1.99. The number of ether oxygens (including phenoxy) is 3. The van der Waals surface area contributed by atoms with E-state index >= 15 is 0 Å². The van der Waals surface area contributed by atoms with E-state index in [-0.39, 0.29) is 0 Å². The Balaban J connectivity index is 2.53. The topological polar surface area (TPSA) is 27.7 Å². The first kappa shape index (κ1) is 17.7. The molecule has 0 bridgehead atoms. The predicted molar refractivity (Wildman–Crippen MR) is 87.8 cm³/mol. The first-order valence-corrected chi connectivity index (χ1v) is 8.05. The summed E-state index contributed by atoms with van der Waals surface area (Å²) in [4.78, 5) is 0. The third-order valence-corrected chi connectivity index (χ3v) is 3.85. The molecule has 3 heteroatoms. The molecule has 0 saturated carbocycles. The van der Waals surface area contributed by atoms with Crippen LogP contribution in [0.4, 0.5) is 0 Å². The number of methoxy groups -OCH3 is 3. The van der Waals surface area contributed by atoms with E-state index in [1.807, 2.05) is 12.1 Å². The number of unbranched alkanes of at least 4 members (excludes halogenated alkanes) is 6. The van der Waals surface area contributed by atoms with Crippen LogP contribution in [0.5, 0.6) is 17.2 Å². The van der Waals surface area contributed by atoms with Crippen molar-refractivity contribution in [3.8, 4) is 17.2 Å². The molecule has 0 radical (unpaired) electrons. The van der Waals surface area contributed by atoms with Gasteiger partial charge in [0.25, 0.3) is 0 Å². The Morgan fingerprint density at radius 3 is 1.71 bits per heavy atom. The molecule has 0 atom stereocenters. The predicted octanol–water partition coefficient (Wildman–Crippen LogP) is 5.01. The molecule has 120 valence electrons. The lowest BCUT2D eigenvalue weighted by Gasteiger charge is -2.15. The van der Waals surface area contributed by atoms with Crippen molar-refractivity contribution in [2.24, 2.45) is 0 Å². The van der Waals surface area contributed by atoms with Crippen LogP contribution in [-0.2, 0) is 6.42 Å². The molecule has 0 heterocycles. The maximum absolute atomic E-state index is 5.48. The Kier molecular flexibility index (Phi) is 8.72. The molecule has 0 aliphatic heterocycles. The lowest BCUT2D eigenvalue weighted by atomic mass is 10.0. The summed E-state index contributed by atoms with van der Waals surface area (Å²) < 4.78 is 16.2.